The van der Waals surface area contributed by atoms with E-state index in [9.17, 15) is 9.59 Å². The smallest absolute Gasteiger partial charge is 0.320 e. The third-order valence-corrected chi connectivity index (χ3v) is 4.09. The SMILES string of the molecule is COCC(=O)Nc1n[nH]c2cc(NC(=O)NC(C)C3=CCCC=C3)ncc12. The van der Waals surface area contributed by atoms with E-state index in [2.05, 4.69) is 43.3 Å². The van der Waals surface area contributed by atoms with Crippen LogP contribution in [0.2, 0.25) is 0 Å². The fraction of sp³-hybridized carbons (Fsp3) is 0.333. The van der Waals surface area contributed by atoms with Gasteiger partial charge in [0.15, 0.2) is 5.82 Å². The number of nitrogens with one attached hydrogen (secondary N) is 4. The fourth-order valence-electron chi connectivity index (χ4n) is 2.76. The highest BCUT2D eigenvalue weighted by Crippen LogP contribution is 2.21. The summed E-state index contributed by atoms with van der Waals surface area (Å²) in [5, 5.41) is 15.7. The monoisotopic (exact) mass is 370 g/mol. The summed E-state index contributed by atoms with van der Waals surface area (Å²) >= 11 is 0. The zero-order valence-corrected chi connectivity index (χ0v) is 15.2. The Hall–Kier alpha value is -3.20. The van der Waals surface area contributed by atoms with Gasteiger partial charge >= 0.3 is 6.03 Å². The van der Waals surface area contributed by atoms with Crippen molar-refractivity contribution in [2.75, 3.05) is 24.4 Å². The van der Waals surface area contributed by atoms with Gasteiger partial charge in [0.25, 0.3) is 5.91 Å². The summed E-state index contributed by atoms with van der Waals surface area (Å²) in [7, 11) is 1.44. The number of allylic oxidation sites excluding steroid dienone is 2. The summed E-state index contributed by atoms with van der Waals surface area (Å²) in [6.07, 6.45) is 9.81. The number of pyridine rings is 1. The van der Waals surface area contributed by atoms with E-state index >= 15 is 0 Å². The Kier molecular flexibility index (Phi) is 5.82. The molecule has 4 N–H and O–H groups in total. The van der Waals surface area contributed by atoms with Gasteiger partial charge in [-0.25, -0.2) is 9.78 Å². The molecule has 0 fully saturated rings. The lowest BCUT2D eigenvalue weighted by Gasteiger charge is -2.17. The van der Waals surface area contributed by atoms with Gasteiger partial charge in [0, 0.05) is 19.4 Å². The minimum atomic E-state index is -0.345. The first-order valence-corrected chi connectivity index (χ1v) is 8.64. The number of H-pyrrole nitrogens is 1. The summed E-state index contributed by atoms with van der Waals surface area (Å²) in [5.74, 6) is 0.423. The molecule has 0 saturated heterocycles. The van der Waals surface area contributed by atoms with E-state index in [1.54, 1.807) is 6.07 Å². The van der Waals surface area contributed by atoms with Crippen LogP contribution in [0.25, 0.3) is 10.9 Å². The Morgan fingerprint density at radius 1 is 1.33 bits per heavy atom. The van der Waals surface area contributed by atoms with Gasteiger partial charge in [0.1, 0.15) is 12.4 Å². The second-order valence-electron chi connectivity index (χ2n) is 6.17. The zero-order chi connectivity index (χ0) is 19.2. The second-order valence-corrected chi connectivity index (χ2v) is 6.17. The summed E-state index contributed by atoms with van der Waals surface area (Å²) in [6.45, 7) is 1.87. The number of methoxy groups -OCH3 is 1. The predicted octanol–water partition coefficient (Wildman–Crippen LogP) is 2.33. The van der Waals surface area contributed by atoms with Crippen molar-refractivity contribution in [3.05, 3.63) is 36.1 Å². The summed E-state index contributed by atoms with van der Waals surface area (Å²) < 4.78 is 4.77. The molecule has 1 unspecified atom stereocenters. The quantitative estimate of drug-likeness (QED) is 0.622. The highest BCUT2D eigenvalue weighted by Gasteiger charge is 2.14. The number of aromatic amines is 1. The number of nitrogens with zero attached hydrogens (tertiary/aromatic N) is 2. The van der Waals surface area contributed by atoms with Crippen molar-refractivity contribution in [3.8, 4) is 0 Å². The van der Waals surface area contributed by atoms with Crippen molar-refractivity contribution < 1.29 is 14.3 Å². The van der Waals surface area contributed by atoms with E-state index in [-0.39, 0.29) is 24.6 Å². The molecule has 1 aliphatic rings. The molecule has 142 valence electrons. The summed E-state index contributed by atoms with van der Waals surface area (Å²) in [4.78, 5) is 28.0. The number of aromatic nitrogens is 3. The molecule has 3 rings (SSSR count). The van der Waals surface area contributed by atoms with E-state index in [0.717, 1.165) is 18.4 Å². The maximum Gasteiger partial charge on any atom is 0.320 e. The van der Waals surface area contributed by atoms with Gasteiger partial charge in [-0.3, -0.25) is 15.2 Å². The molecule has 27 heavy (non-hydrogen) atoms. The molecule has 9 heteroatoms. The maximum atomic E-state index is 12.2. The van der Waals surface area contributed by atoms with E-state index in [1.165, 1.54) is 13.3 Å². The molecule has 1 aliphatic carbocycles. The molecule has 0 radical (unpaired) electrons. The molecule has 0 spiro atoms. The van der Waals surface area contributed by atoms with Crippen LogP contribution in [0.4, 0.5) is 16.4 Å². The Morgan fingerprint density at radius 3 is 2.93 bits per heavy atom. The van der Waals surface area contributed by atoms with Gasteiger partial charge in [0.05, 0.1) is 16.9 Å². The predicted molar refractivity (Wildman–Crippen MR) is 102 cm³/mol. The van der Waals surface area contributed by atoms with Crippen LogP contribution in [0.5, 0.6) is 0 Å². The lowest BCUT2D eigenvalue weighted by atomic mass is 10.0. The van der Waals surface area contributed by atoms with Crippen molar-refractivity contribution in [2.24, 2.45) is 0 Å². The molecule has 0 bridgehead atoms. The Morgan fingerprint density at radius 2 is 2.19 bits per heavy atom. The number of ether oxygens (including phenoxy) is 1. The highest BCUT2D eigenvalue weighted by atomic mass is 16.5. The zero-order valence-electron chi connectivity index (χ0n) is 15.2. The first-order chi connectivity index (χ1) is 13.1. The topological polar surface area (TPSA) is 121 Å². The standard InChI is InChI=1S/C18H22N6O3/c1-11(12-6-4-3-5-7-12)20-18(26)21-15-8-14-13(9-19-15)17(24-23-14)22-16(25)10-27-2/h4,6-9,11H,3,5,10H2,1-2H3,(H2,19,20,21,26)(H2,22,23,24,25). The molecule has 2 aromatic heterocycles. The summed E-state index contributed by atoms with van der Waals surface area (Å²) in [5.41, 5.74) is 1.73. The molecule has 2 aromatic rings. The average molecular weight is 370 g/mol. The van der Waals surface area contributed by atoms with Gasteiger partial charge in [-0.05, 0) is 25.3 Å². The van der Waals surface area contributed by atoms with E-state index in [0.29, 0.717) is 22.5 Å². The number of hydrogen-bond acceptors (Lipinski definition) is 5. The number of carbonyl (C=O) groups is 2. The number of urea groups is 1. The van der Waals surface area contributed by atoms with E-state index in [1.807, 2.05) is 13.0 Å². The molecule has 0 saturated carbocycles. The normalized spacial score (nSPS) is 14.5. The van der Waals surface area contributed by atoms with Gasteiger partial charge in [-0.15, -0.1) is 0 Å². The van der Waals surface area contributed by atoms with Crippen LogP contribution in [0.15, 0.2) is 36.1 Å². The van der Waals surface area contributed by atoms with Crippen molar-refractivity contribution in [1.29, 1.82) is 0 Å². The van der Waals surface area contributed by atoms with Gasteiger partial charge in [0.2, 0.25) is 0 Å². The van der Waals surface area contributed by atoms with Crippen LogP contribution in [0.3, 0.4) is 0 Å². The van der Waals surface area contributed by atoms with Crippen LogP contribution in [0.1, 0.15) is 19.8 Å². The van der Waals surface area contributed by atoms with Crippen molar-refractivity contribution in [3.63, 3.8) is 0 Å². The Balaban J connectivity index is 1.63. The van der Waals surface area contributed by atoms with Crippen molar-refractivity contribution >= 4 is 34.5 Å². The van der Waals surface area contributed by atoms with Crippen LogP contribution >= 0.6 is 0 Å². The molecule has 3 amide bonds. The minimum Gasteiger partial charge on any atom is -0.375 e. The van der Waals surface area contributed by atoms with Gasteiger partial charge in [-0.2, -0.15) is 5.10 Å². The Labute approximate surface area is 156 Å². The molecule has 2 heterocycles. The molecule has 9 nitrogen and oxygen atoms in total. The first-order valence-electron chi connectivity index (χ1n) is 8.64. The number of fused-ring (bicyclic) bond motifs is 1. The largest absolute Gasteiger partial charge is 0.375 e. The molecular formula is C18H22N6O3. The molecule has 0 aromatic carbocycles. The first kappa shape index (κ1) is 18.6. The van der Waals surface area contributed by atoms with E-state index in [4.69, 9.17) is 4.74 Å². The van der Waals surface area contributed by atoms with Crippen molar-refractivity contribution in [1.82, 2.24) is 20.5 Å². The van der Waals surface area contributed by atoms with Crippen LogP contribution in [-0.2, 0) is 9.53 Å². The average Bonchev–Trinajstić information content (AvgIpc) is 3.04. The molecule has 1 atom stereocenters. The van der Waals surface area contributed by atoms with Gasteiger partial charge < -0.3 is 15.4 Å². The summed E-state index contributed by atoms with van der Waals surface area (Å²) in [6, 6.07) is 1.21. The van der Waals surface area contributed by atoms with E-state index < -0.39 is 0 Å². The third-order valence-electron chi connectivity index (χ3n) is 4.09. The number of anilines is 2. The number of carbonyl (C=O) groups excluding carboxylic acids is 2. The lowest BCUT2D eigenvalue weighted by Crippen LogP contribution is -2.37. The highest BCUT2D eigenvalue weighted by molar-refractivity contribution is 6.00. The van der Waals surface area contributed by atoms with Gasteiger partial charge in [-0.1, -0.05) is 18.2 Å². The number of rotatable bonds is 6. The maximum absolute atomic E-state index is 12.2. The molecule has 0 aliphatic heterocycles. The molecular weight excluding hydrogens is 348 g/mol. The number of hydrogen-bond donors (Lipinski definition) is 4. The second kappa shape index (κ2) is 8.45. The third kappa shape index (κ3) is 4.70. The lowest BCUT2D eigenvalue weighted by molar-refractivity contribution is -0.119. The van der Waals surface area contributed by atoms with Crippen molar-refractivity contribution in [2.45, 2.75) is 25.8 Å². The van der Waals surface area contributed by atoms with Crippen LogP contribution in [-0.4, -0.2) is 46.9 Å². The van der Waals surface area contributed by atoms with Crippen LogP contribution < -0.4 is 16.0 Å². The number of amides is 3. The van der Waals surface area contributed by atoms with Crippen LogP contribution in [0, 0.1) is 0 Å². The Bertz CT molecular complexity index is 902. The fourth-order valence-corrected chi connectivity index (χ4v) is 2.76. The minimum absolute atomic E-state index is 0.0641.